The number of hydrogen-bond donors (Lipinski definition) is 1. The van der Waals surface area contributed by atoms with E-state index in [2.05, 4.69) is 41.7 Å². The van der Waals surface area contributed by atoms with Crippen molar-refractivity contribution >= 4 is 15.9 Å². The largest absolute Gasteiger partial charge is 0.394 e. The van der Waals surface area contributed by atoms with Gasteiger partial charge in [0.1, 0.15) is 0 Å². The Morgan fingerprint density at radius 2 is 2.00 bits per heavy atom. The number of nitrogens with zero attached hydrogens (tertiary/aromatic N) is 1. The van der Waals surface area contributed by atoms with E-state index in [1.807, 2.05) is 0 Å². The summed E-state index contributed by atoms with van der Waals surface area (Å²) in [7, 11) is 2.10. The van der Waals surface area contributed by atoms with E-state index in [-0.39, 0.29) is 12.1 Å². The number of aliphatic hydroxyl groups excluding tert-OH is 1. The van der Waals surface area contributed by atoms with Gasteiger partial charge in [-0.25, -0.2) is 0 Å². The normalized spacial score (nSPS) is 20.8. The number of rotatable bonds is 5. The highest BCUT2D eigenvalue weighted by atomic mass is 79.9. The number of likely N-dealkylation sites (N-methyl/N-ethyl adjacent to an activating group) is 1. The predicted molar refractivity (Wildman–Crippen MR) is 59.3 cm³/mol. The van der Waals surface area contributed by atoms with Crippen LogP contribution in [0.25, 0.3) is 0 Å². The quantitative estimate of drug-likeness (QED) is 0.753. The summed E-state index contributed by atoms with van der Waals surface area (Å²) >= 11 is 3.56. The summed E-state index contributed by atoms with van der Waals surface area (Å²) in [5.74, 6) is 0. The van der Waals surface area contributed by atoms with Crippen molar-refractivity contribution in [2.45, 2.75) is 32.2 Å². The molecule has 13 heavy (non-hydrogen) atoms. The van der Waals surface area contributed by atoms with E-state index < -0.39 is 0 Å². The summed E-state index contributed by atoms with van der Waals surface area (Å²) in [6.07, 6.45) is 2.65. The average Bonchev–Trinajstić information content (AvgIpc) is 2.85. The molecular formula is C10H20BrNO. The van der Waals surface area contributed by atoms with E-state index in [9.17, 15) is 5.11 Å². The van der Waals surface area contributed by atoms with E-state index >= 15 is 0 Å². The van der Waals surface area contributed by atoms with Crippen molar-refractivity contribution in [1.82, 2.24) is 4.90 Å². The van der Waals surface area contributed by atoms with E-state index in [1.165, 1.54) is 12.8 Å². The first-order chi connectivity index (χ1) is 5.96. The number of alkyl halides is 1. The maximum atomic E-state index is 9.20. The van der Waals surface area contributed by atoms with E-state index in [4.69, 9.17) is 0 Å². The SMILES string of the molecule is CN(CC1(CBr)CC1)C(C)(C)CO. The molecule has 1 fully saturated rings. The highest BCUT2D eigenvalue weighted by Crippen LogP contribution is 2.48. The summed E-state index contributed by atoms with van der Waals surface area (Å²) < 4.78 is 0. The summed E-state index contributed by atoms with van der Waals surface area (Å²) in [4.78, 5) is 2.27. The lowest BCUT2D eigenvalue weighted by Crippen LogP contribution is -2.47. The van der Waals surface area contributed by atoms with Gasteiger partial charge in [0.15, 0.2) is 0 Å². The molecule has 0 aromatic heterocycles. The molecule has 0 spiro atoms. The highest BCUT2D eigenvalue weighted by molar-refractivity contribution is 9.09. The van der Waals surface area contributed by atoms with Gasteiger partial charge in [0.05, 0.1) is 6.61 Å². The van der Waals surface area contributed by atoms with Gasteiger partial charge in [-0.3, -0.25) is 4.90 Å². The lowest BCUT2D eigenvalue weighted by Gasteiger charge is -2.36. The maximum Gasteiger partial charge on any atom is 0.0609 e. The van der Waals surface area contributed by atoms with Gasteiger partial charge in [-0.05, 0) is 39.2 Å². The molecule has 78 valence electrons. The van der Waals surface area contributed by atoms with E-state index in [0.29, 0.717) is 5.41 Å². The van der Waals surface area contributed by atoms with Gasteiger partial charge in [0.25, 0.3) is 0 Å². The Hall–Kier alpha value is 0.400. The molecule has 1 rings (SSSR count). The fraction of sp³-hybridized carbons (Fsp3) is 1.00. The first-order valence-corrected chi connectivity index (χ1v) is 5.96. The second-order valence-electron chi connectivity index (χ2n) is 4.96. The fourth-order valence-corrected chi connectivity index (χ4v) is 2.09. The minimum Gasteiger partial charge on any atom is -0.394 e. The van der Waals surface area contributed by atoms with Crippen LogP contribution in [0.15, 0.2) is 0 Å². The summed E-state index contributed by atoms with van der Waals surface area (Å²) in [5.41, 5.74) is 0.416. The molecule has 0 saturated heterocycles. The molecule has 1 saturated carbocycles. The zero-order valence-corrected chi connectivity index (χ0v) is 10.4. The molecule has 1 aliphatic rings. The number of hydrogen-bond acceptors (Lipinski definition) is 2. The molecule has 0 aliphatic heterocycles. The maximum absolute atomic E-state index is 9.20. The Balaban J connectivity index is 2.45. The fourth-order valence-electron chi connectivity index (χ4n) is 1.35. The summed E-state index contributed by atoms with van der Waals surface area (Å²) in [6, 6.07) is 0. The molecule has 0 amide bonds. The van der Waals surface area contributed by atoms with Crippen LogP contribution in [0.5, 0.6) is 0 Å². The van der Waals surface area contributed by atoms with Crippen LogP contribution in [0.3, 0.4) is 0 Å². The van der Waals surface area contributed by atoms with Crippen LogP contribution in [0, 0.1) is 5.41 Å². The molecular weight excluding hydrogens is 230 g/mol. The Kier molecular flexibility index (Phi) is 3.42. The molecule has 0 atom stereocenters. The van der Waals surface area contributed by atoms with Crippen molar-refractivity contribution in [2.75, 3.05) is 25.5 Å². The molecule has 0 heterocycles. The Morgan fingerprint density at radius 3 is 2.31 bits per heavy atom. The highest BCUT2D eigenvalue weighted by Gasteiger charge is 2.43. The number of halogens is 1. The summed E-state index contributed by atoms with van der Waals surface area (Å²) in [6.45, 7) is 5.47. The third-order valence-corrected chi connectivity index (χ3v) is 4.42. The van der Waals surface area contributed by atoms with Crippen molar-refractivity contribution in [2.24, 2.45) is 5.41 Å². The van der Waals surface area contributed by atoms with Crippen LogP contribution < -0.4 is 0 Å². The minimum atomic E-state index is -0.0856. The van der Waals surface area contributed by atoms with Crippen molar-refractivity contribution in [3.05, 3.63) is 0 Å². The standard InChI is InChI=1S/C10H20BrNO/c1-9(2,8-13)12(3)7-10(6-11)4-5-10/h13H,4-8H2,1-3H3. The molecule has 0 aromatic rings. The molecule has 3 heteroatoms. The van der Waals surface area contributed by atoms with Crippen molar-refractivity contribution < 1.29 is 5.11 Å². The van der Waals surface area contributed by atoms with Gasteiger partial charge >= 0.3 is 0 Å². The Labute approximate surface area is 89.4 Å². The molecule has 2 nitrogen and oxygen atoms in total. The van der Waals surface area contributed by atoms with Crippen LogP contribution >= 0.6 is 15.9 Å². The van der Waals surface area contributed by atoms with Gasteiger partial charge in [-0.1, -0.05) is 15.9 Å². The molecule has 1 aliphatic carbocycles. The van der Waals surface area contributed by atoms with Crippen LogP contribution in [0.4, 0.5) is 0 Å². The van der Waals surface area contributed by atoms with Crippen LogP contribution in [-0.2, 0) is 0 Å². The van der Waals surface area contributed by atoms with Gasteiger partial charge < -0.3 is 5.11 Å². The Morgan fingerprint density at radius 1 is 1.46 bits per heavy atom. The van der Waals surface area contributed by atoms with Crippen LogP contribution in [0.1, 0.15) is 26.7 Å². The monoisotopic (exact) mass is 249 g/mol. The second kappa shape index (κ2) is 3.87. The van der Waals surface area contributed by atoms with Crippen molar-refractivity contribution in [1.29, 1.82) is 0 Å². The topological polar surface area (TPSA) is 23.5 Å². The van der Waals surface area contributed by atoms with Crippen molar-refractivity contribution in [3.63, 3.8) is 0 Å². The summed E-state index contributed by atoms with van der Waals surface area (Å²) in [5, 5.41) is 10.3. The third-order valence-electron chi connectivity index (χ3n) is 3.23. The van der Waals surface area contributed by atoms with Gasteiger partial charge in [0, 0.05) is 17.4 Å². The number of aliphatic hydroxyl groups is 1. The van der Waals surface area contributed by atoms with E-state index in [0.717, 1.165) is 11.9 Å². The minimum absolute atomic E-state index is 0.0856. The second-order valence-corrected chi connectivity index (χ2v) is 5.52. The van der Waals surface area contributed by atoms with E-state index in [1.54, 1.807) is 0 Å². The Bertz CT molecular complexity index is 178. The third kappa shape index (κ3) is 2.67. The lowest BCUT2D eigenvalue weighted by atomic mass is 10.0. The molecule has 1 N–H and O–H groups in total. The zero-order valence-electron chi connectivity index (χ0n) is 8.81. The van der Waals surface area contributed by atoms with Gasteiger partial charge in [-0.2, -0.15) is 0 Å². The predicted octanol–water partition coefficient (Wildman–Crippen LogP) is 1.86. The van der Waals surface area contributed by atoms with Gasteiger partial charge in [0.2, 0.25) is 0 Å². The molecule has 0 radical (unpaired) electrons. The van der Waals surface area contributed by atoms with Crippen LogP contribution in [-0.4, -0.2) is 41.1 Å². The molecule has 0 unspecified atom stereocenters. The smallest absolute Gasteiger partial charge is 0.0609 e. The molecule has 0 bridgehead atoms. The lowest BCUT2D eigenvalue weighted by molar-refractivity contribution is 0.0657. The van der Waals surface area contributed by atoms with Crippen molar-refractivity contribution in [3.8, 4) is 0 Å². The molecule has 0 aromatic carbocycles. The first-order valence-electron chi connectivity index (χ1n) is 4.84. The van der Waals surface area contributed by atoms with Crippen LogP contribution in [0.2, 0.25) is 0 Å². The zero-order chi connectivity index (χ0) is 10.1. The average molecular weight is 250 g/mol. The van der Waals surface area contributed by atoms with Gasteiger partial charge in [-0.15, -0.1) is 0 Å². The first kappa shape index (κ1) is 11.5.